The Kier molecular flexibility index (Phi) is 10.0. The molecule has 0 saturated carbocycles. The van der Waals surface area contributed by atoms with E-state index in [9.17, 15) is 9.59 Å². The van der Waals surface area contributed by atoms with Gasteiger partial charge in [0.05, 0.1) is 11.9 Å². The molecule has 5 nitrogen and oxygen atoms in total. The maximum atomic E-state index is 11.7. The smallest absolute Gasteiger partial charge is 0.199 e. The third-order valence-electron chi connectivity index (χ3n) is 5.87. The average Bonchev–Trinajstić information content (AvgIpc) is 2.81. The summed E-state index contributed by atoms with van der Waals surface area (Å²) < 4.78 is 11.4. The van der Waals surface area contributed by atoms with Gasteiger partial charge in [-0.1, -0.05) is 0 Å². The van der Waals surface area contributed by atoms with E-state index in [-0.39, 0.29) is 28.9 Å². The lowest BCUT2D eigenvalue weighted by Crippen LogP contribution is -2.25. The fourth-order valence-corrected chi connectivity index (χ4v) is 4.29. The van der Waals surface area contributed by atoms with Crippen molar-refractivity contribution in [3.8, 4) is 11.5 Å². The molecule has 178 valence electrons. The molecule has 5 rings (SSSR count). The van der Waals surface area contributed by atoms with Crippen LogP contribution in [0.25, 0.3) is 0 Å². The van der Waals surface area contributed by atoms with Crippen molar-refractivity contribution in [1.82, 2.24) is 0 Å². The summed E-state index contributed by atoms with van der Waals surface area (Å²) in [7, 11) is 0. The summed E-state index contributed by atoms with van der Waals surface area (Å²) in [4.78, 5) is 23.0. The molecule has 2 aromatic carbocycles. The van der Waals surface area contributed by atoms with Crippen molar-refractivity contribution in [2.24, 2.45) is 0 Å². The fourth-order valence-electron chi connectivity index (χ4n) is 4.29. The number of phenols is 1. The van der Waals surface area contributed by atoms with Gasteiger partial charge in [-0.05, 0) is 86.1 Å². The molecule has 1 aliphatic heterocycles. The van der Waals surface area contributed by atoms with Crippen LogP contribution in [0.5, 0.6) is 11.5 Å². The normalized spacial score (nSPS) is 19.2. The molecule has 1 saturated heterocycles. The minimum Gasteiger partial charge on any atom is -0.508 e. The van der Waals surface area contributed by atoms with Crippen molar-refractivity contribution >= 4 is 34.8 Å². The highest BCUT2D eigenvalue weighted by molar-refractivity contribution is 6.40. The van der Waals surface area contributed by atoms with Crippen LogP contribution in [0.4, 0.5) is 0 Å². The number of rotatable bonds is 2. The SMILES string of the molecule is ClCCl.O=C1CCCc2cc(O)ccc21.O=C1CCCc2cc(OC3CCCCO3)ccc21. The fraction of sp³-hybridized carbons (Fsp3) is 0.462. The highest BCUT2D eigenvalue weighted by atomic mass is 35.5. The number of aromatic hydroxyl groups is 1. The van der Waals surface area contributed by atoms with Crippen molar-refractivity contribution in [3.63, 3.8) is 0 Å². The molecule has 2 aliphatic carbocycles. The van der Waals surface area contributed by atoms with E-state index in [4.69, 9.17) is 37.8 Å². The number of carbonyl (C=O) groups is 2. The van der Waals surface area contributed by atoms with E-state index in [0.717, 1.165) is 79.6 Å². The number of carbonyl (C=O) groups excluding carboxylic acids is 2. The van der Waals surface area contributed by atoms with Crippen LogP contribution >= 0.6 is 23.2 Å². The number of fused-ring (bicyclic) bond motifs is 2. The van der Waals surface area contributed by atoms with Crippen molar-refractivity contribution in [1.29, 1.82) is 0 Å². The Hall–Kier alpha value is -2.08. The van der Waals surface area contributed by atoms with Crippen molar-refractivity contribution in [2.45, 2.75) is 64.1 Å². The zero-order valence-corrected chi connectivity index (χ0v) is 20.2. The number of hydrogen-bond donors (Lipinski definition) is 1. The number of Topliss-reactive ketones (excluding diaryl/α,β-unsaturated/α-hetero) is 2. The van der Waals surface area contributed by atoms with Gasteiger partial charge in [0.25, 0.3) is 0 Å². The lowest BCUT2D eigenvalue weighted by molar-refractivity contribution is -0.105. The molecule has 1 atom stereocenters. The molecule has 1 N–H and O–H groups in total. The van der Waals surface area contributed by atoms with Crippen molar-refractivity contribution in [3.05, 3.63) is 58.7 Å². The predicted molar refractivity (Wildman–Crippen MR) is 130 cm³/mol. The van der Waals surface area contributed by atoms with Crippen LogP contribution in [0, 0.1) is 0 Å². The predicted octanol–water partition coefficient (Wildman–Crippen LogP) is 6.44. The molecule has 0 spiro atoms. The Morgan fingerprint density at radius 3 is 2.06 bits per heavy atom. The monoisotopic (exact) mass is 492 g/mol. The maximum Gasteiger partial charge on any atom is 0.199 e. The molecular weight excluding hydrogens is 463 g/mol. The molecule has 33 heavy (non-hydrogen) atoms. The van der Waals surface area contributed by atoms with Crippen LogP contribution in [0.2, 0.25) is 0 Å². The first-order valence-corrected chi connectivity index (χ1v) is 12.5. The Balaban J connectivity index is 0.000000177. The van der Waals surface area contributed by atoms with Crippen LogP contribution in [-0.4, -0.2) is 34.9 Å². The first-order chi connectivity index (χ1) is 16.0. The van der Waals surface area contributed by atoms with Gasteiger partial charge in [-0.2, -0.15) is 0 Å². The first kappa shape index (κ1) is 25.5. The molecule has 3 aliphatic rings. The third kappa shape index (κ3) is 7.46. The Morgan fingerprint density at radius 1 is 0.848 bits per heavy atom. The van der Waals surface area contributed by atoms with Gasteiger partial charge in [-0.3, -0.25) is 9.59 Å². The van der Waals surface area contributed by atoms with E-state index in [1.165, 1.54) is 0 Å². The summed E-state index contributed by atoms with van der Waals surface area (Å²) in [6, 6.07) is 10.8. The summed E-state index contributed by atoms with van der Waals surface area (Å²) >= 11 is 9.53. The lowest BCUT2D eigenvalue weighted by atomic mass is 9.90. The van der Waals surface area contributed by atoms with E-state index >= 15 is 0 Å². The molecule has 0 radical (unpaired) electrons. The number of ether oxygens (including phenoxy) is 2. The zero-order chi connectivity index (χ0) is 23.6. The van der Waals surface area contributed by atoms with Crippen LogP contribution in [0.3, 0.4) is 0 Å². The van der Waals surface area contributed by atoms with E-state index in [2.05, 4.69) is 0 Å². The Bertz CT molecular complexity index is 954. The van der Waals surface area contributed by atoms with Crippen molar-refractivity contribution < 1.29 is 24.2 Å². The summed E-state index contributed by atoms with van der Waals surface area (Å²) in [6.45, 7) is 0.786. The van der Waals surface area contributed by atoms with Crippen molar-refractivity contribution in [2.75, 3.05) is 11.9 Å². The standard InChI is InChI=1S/C15H18O3.C10H10O2.CH2Cl2/c16-14-5-3-4-11-10-12(7-8-13(11)14)18-15-6-1-2-9-17-15;11-8-4-5-9-7(6-8)2-1-3-10(9)12;2-1-3/h7-8,10,15H,1-6,9H2;4-6,11H,1-3H2;1H2. The third-order valence-corrected chi connectivity index (χ3v) is 5.87. The minimum absolute atomic E-state index is 0.115. The van der Waals surface area contributed by atoms with Gasteiger partial charge in [-0.15, -0.1) is 23.2 Å². The van der Waals surface area contributed by atoms with Gasteiger partial charge in [0.15, 0.2) is 17.9 Å². The number of halogens is 2. The number of hydrogen-bond acceptors (Lipinski definition) is 5. The van der Waals surface area contributed by atoms with Crippen LogP contribution < -0.4 is 4.74 Å². The van der Waals surface area contributed by atoms with Gasteiger partial charge in [0, 0.05) is 30.4 Å². The first-order valence-electron chi connectivity index (χ1n) is 11.4. The lowest BCUT2D eigenvalue weighted by Gasteiger charge is -2.24. The van der Waals surface area contributed by atoms with Crippen LogP contribution in [0.15, 0.2) is 36.4 Å². The zero-order valence-electron chi connectivity index (χ0n) is 18.7. The average molecular weight is 493 g/mol. The molecule has 7 heteroatoms. The Morgan fingerprint density at radius 2 is 1.45 bits per heavy atom. The molecule has 0 bridgehead atoms. The van der Waals surface area contributed by atoms with E-state index in [0.29, 0.717) is 12.8 Å². The van der Waals surface area contributed by atoms with Gasteiger partial charge < -0.3 is 14.6 Å². The van der Waals surface area contributed by atoms with Gasteiger partial charge in [-0.25, -0.2) is 0 Å². The Labute approximate surface area is 205 Å². The van der Waals surface area contributed by atoms with Gasteiger partial charge >= 0.3 is 0 Å². The number of phenolic OH excluding ortho intramolecular Hbond substituents is 1. The summed E-state index contributed by atoms with van der Waals surface area (Å²) in [5.41, 5.74) is 3.78. The second-order valence-electron chi connectivity index (χ2n) is 8.23. The molecule has 1 unspecified atom stereocenters. The maximum absolute atomic E-state index is 11.7. The van der Waals surface area contributed by atoms with E-state index < -0.39 is 0 Å². The topological polar surface area (TPSA) is 72.8 Å². The summed E-state index contributed by atoms with van der Waals surface area (Å²) in [5.74, 6) is 1.55. The highest BCUT2D eigenvalue weighted by Gasteiger charge is 2.20. The van der Waals surface area contributed by atoms with E-state index in [1.807, 2.05) is 18.2 Å². The largest absolute Gasteiger partial charge is 0.508 e. The quantitative estimate of drug-likeness (QED) is 0.487. The van der Waals surface area contributed by atoms with Gasteiger partial charge in [0.1, 0.15) is 11.5 Å². The van der Waals surface area contributed by atoms with E-state index in [1.54, 1.807) is 18.2 Å². The molecule has 0 amide bonds. The number of alkyl halides is 2. The second kappa shape index (κ2) is 13.0. The minimum atomic E-state index is -0.115. The van der Waals surface area contributed by atoms with Crippen LogP contribution in [-0.2, 0) is 17.6 Å². The number of ketones is 2. The molecule has 1 heterocycles. The molecular formula is C26H30Cl2O5. The molecule has 2 aromatic rings. The highest BCUT2D eigenvalue weighted by Crippen LogP contribution is 2.27. The molecule has 0 aromatic heterocycles. The number of aryl methyl sites for hydroxylation is 2. The molecule has 1 fully saturated rings. The summed E-state index contributed by atoms with van der Waals surface area (Å²) in [5, 5.41) is 9.36. The number of benzene rings is 2. The summed E-state index contributed by atoms with van der Waals surface area (Å²) in [6.07, 6.45) is 8.21. The van der Waals surface area contributed by atoms with Crippen LogP contribution in [0.1, 0.15) is 76.8 Å². The second-order valence-corrected chi connectivity index (χ2v) is 9.04. The van der Waals surface area contributed by atoms with Gasteiger partial charge in [0.2, 0.25) is 0 Å².